The van der Waals surface area contributed by atoms with Gasteiger partial charge in [-0.15, -0.1) is 32.9 Å². The highest BCUT2D eigenvalue weighted by atomic mass is 32.2. The SMILES string of the molecule is Cc1ccc(C(=O)CSc2nnc(Cc3cccs3)n2C)s1. The van der Waals surface area contributed by atoms with Crippen LogP contribution >= 0.6 is 34.4 Å². The molecule has 0 saturated heterocycles. The Labute approximate surface area is 141 Å². The molecule has 0 fully saturated rings. The Balaban J connectivity index is 1.63. The summed E-state index contributed by atoms with van der Waals surface area (Å²) in [5, 5.41) is 11.3. The third-order valence-electron chi connectivity index (χ3n) is 3.19. The second-order valence-corrected chi connectivity index (χ2v) is 8.10. The summed E-state index contributed by atoms with van der Waals surface area (Å²) in [6, 6.07) is 7.99. The minimum absolute atomic E-state index is 0.144. The van der Waals surface area contributed by atoms with E-state index in [-0.39, 0.29) is 5.78 Å². The van der Waals surface area contributed by atoms with Crippen LogP contribution in [0.15, 0.2) is 34.8 Å². The Bertz CT molecular complexity index is 774. The third-order valence-corrected chi connectivity index (χ3v) is 6.12. The summed E-state index contributed by atoms with van der Waals surface area (Å²) in [6.45, 7) is 2.01. The van der Waals surface area contributed by atoms with Crippen LogP contribution < -0.4 is 0 Å². The molecule has 0 saturated carbocycles. The molecule has 0 spiro atoms. The van der Waals surface area contributed by atoms with E-state index in [9.17, 15) is 4.79 Å². The van der Waals surface area contributed by atoms with E-state index in [4.69, 9.17) is 0 Å². The summed E-state index contributed by atoms with van der Waals surface area (Å²) in [7, 11) is 1.95. The molecule has 0 atom stereocenters. The van der Waals surface area contributed by atoms with Crippen molar-refractivity contribution in [2.24, 2.45) is 7.05 Å². The highest BCUT2D eigenvalue weighted by Gasteiger charge is 2.14. The van der Waals surface area contributed by atoms with Gasteiger partial charge in [0, 0.05) is 23.2 Å². The Morgan fingerprint density at radius 2 is 2.18 bits per heavy atom. The molecule has 0 aliphatic rings. The van der Waals surface area contributed by atoms with Crippen molar-refractivity contribution >= 4 is 40.2 Å². The zero-order valence-electron chi connectivity index (χ0n) is 12.3. The highest BCUT2D eigenvalue weighted by Crippen LogP contribution is 2.22. The van der Waals surface area contributed by atoms with E-state index in [1.54, 1.807) is 11.3 Å². The van der Waals surface area contributed by atoms with Crippen LogP contribution in [0.3, 0.4) is 0 Å². The van der Waals surface area contributed by atoms with Gasteiger partial charge < -0.3 is 4.57 Å². The number of carbonyl (C=O) groups excluding carboxylic acids is 1. The van der Waals surface area contributed by atoms with Crippen LogP contribution in [0.25, 0.3) is 0 Å². The predicted octanol–water partition coefficient (Wildman–Crippen LogP) is 3.81. The monoisotopic (exact) mass is 349 g/mol. The molecule has 3 heterocycles. The van der Waals surface area contributed by atoms with Gasteiger partial charge in [-0.3, -0.25) is 4.79 Å². The van der Waals surface area contributed by atoms with Crippen LogP contribution in [-0.4, -0.2) is 26.3 Å². The van der Waals surface area contributed by atoms with Gasteiger partial charge in [-0.2, -0.15) is 0 Å². The number of nitrogens with zero attached hydrogens (tertiary/aromatic N) is 3. The number of Topliss-reactive ketones (excluding diaryl/α,β-unsaturated/α-hetero) is 1. The van der Waals surface area contributed by atoms with Crippen molar-refractivity contribution in [3.05, 3.63) is 50.1 Å². The topological polar surface area (TPSA) is 47.8 Å². The molecule has 114 valence electrons. The molecule has 0 N–H and O–H groups in total. The smallest absolute Gasteiger partial charge is 0.191 e. The van der Waals surface area contributed by atoms with Gasteiger partial charge in [-0.1, -0.05) is 17.8 Å². The van der Waals surface area contributed by atoms with Crippen molar-refractivity contribution in [1.82, 2.24) is 14.8 Å². The number of hydrogen-bond acceptors (Lipinski definition) is 6. The Morgan fingerprint density at radius 1 is 1.32 bits per heavy atom. The first-order valence-electron chi connectivity index (χ1n) is 6.76. The summed E-state index contributed by atoms with van der Waals surface area (Å²) in [4.78, 5) is 15.4. The Hall–Kier alpha value is -1.44. The number of rotatable bonds is 6. The van der Waals surface area contributed by atoms with Crippen molar-refractivity contribution in [3.8, 4) is 0 Å². The largest absolute Gasteiger partial charge is 0.309 e. The molecule has 0 aliphatic heterocycles. The van der Waals surface area contributed by atoms with Gasteiger partial charge in [0.25, 0.3) is 0 Å². The maximum atomic E-state index is 12.1. The Morgan fingerprint density at radius 3 is 2.86 bits per heavy atom. The Kier molecular flexibility index (Phi) is 4.75. The summed E-state index contributed by atoms with van der Waals surface area (Å²) < 4.78 is 1.97. The molecule has 0 amide bonds. The lowest BCUT2D eigenvalue weighted by atomic mass is 10.3. The van der Waals surface area contributed by atoms with Crippen molar-refractivity contribution in [3.63, 3.8) is 0 Å². The highest BCUT2D eigenvalue weighted by molar-refractivity contribution is 7.99. The van der Waals surface area contributed by atoms with E-state index in [0.29, 0.717) is 5.75 Å². The van der Waals surface area contributed by atoms with E-state index < -0.39 is 0 Å². The maximum Gasteiger partial charge on any atom is 0.191 e. The lowest BCUT2D eigenvalue weighted by Gasteiger charge is -2.02. The van der Waals surface area contributed by atoms with Crippen LogP contribution in [-0.2, 0) is 13.5 Å². The minimum atomic E-state index is 0.144. The molecule has 22 heavy (non-hydrogen) atoms. The fourth-order valence-electron chi connectivity index (χ4n) is 1.98. The van der Waals surface area contributed by atoms with E-state index in [1.807, 2.05) is 36.7 Å². The summed E-state index contributed by atoms with van der Waals surface area (Å²) in [5.41, 5.74) is 0. The average molecular weight is 350 g/mol. The molecule has 3 aromatic heterocycles. The van der Waals surface area contributed by atoms with Crippen LogP contribution in [0, 0.1) is 6.92 Å². The standard InChI is InChI=1S/C15H15N3OS3/c1-10-5-6-13(22-10)12(19)9-21-15-17-16-14(18(15)2)8-11-4-3-7-20-11/h3-7H,8-9H2,1-2H3. The number of thiophene rings is 2. The number of aryl methyl sites for hydroxylation is 1. The molecule has 0 aliphatic carbocycles. The fraction of sp³-hybridized carbons (Fsp3) is 0.267. The molecule has 4 nitrogen and oxygen atoms in total. The van der Waals surface area contributed by atoms with E-state index >= 15 is 0 Å². The average Bonchev–Trinajstić information content (AvgIpc) is 3.22. The van der Waals surface area contributed by atoms with Crippen molar-refractivity contribution in [2.45, 2.75) is 18.5 Å². The zero-order valence-corrected chi connectivity index (χ0v) is 14.7. The van der Waals surface area contributed by atoms with Gasteiger partial charge in [-0.25, -0.2) is 0 Å². The molecule has 7 heteroatoms. The van der Waals surface area contributed by atoms with Crippen molar-refractivity contribution in [1.29, 1.82) is 0 Å². The van der Waals surface area contributed by atoms with Gasteiger partial charge in [0.05, 0.1) is 10.6 Å². The molecule has 0 unspecified atom stereocenters. The van der Waals surface area contributed by atoms with E-state index in [1.165, 1.54) is 28.0 Å². The molecule has 0 aromatic carbocycles. The maximum absolute atomic E-state index is 12.1. The van der Waals surface area contributed by atoms with Gasteiger partial charge >= 0.3 is 0 Å². The molecule has 0 radical (unpaired) electrons. The first kappa shape index (κ1) is 15.5. The van der Waals surface area contributed by atoms with E-state index in [2.05, 4.69) is 21.6 Å². The first-order chi connectivity index (χ1) is 10.6. The molecular formula is C15H15N3OS3. The number of carbonyl (C=O) groups is 1. The van der Waals surface area contributed by atoms with Gasteiger partial charge in [0.1, 0.15) is 5.82 Å². The lowest BCUT2D eigenvalue weighted by molar-refractivity contribution is 0.102. The van der Waals surface area contributed by atoms with Crippen LogP contribution in [0.1, 0.15) is 25.3 Å². The van der Waals surface area contributed by atoms with E-state index in [0.717, 1.165) is 27.2 Å². The quantitative estimate of drug-likeness (QED) is 0.501. The first-order valence-corrected chi connectivity index (χ1v) is 9.45. The summed E-state index contributed by atoms with van der Waals surface area (Å²) >= 11 is 4.69. The number of thioether (sulfide) groups is 1. The summed E-state index contributed by atoms with van der Waals surface area (Å²) in [5.74, 6) is 1.46. The number of hydrogen-bond donors (Lipinski definition) is 0. The molecule has 3 rings (SSSR count). The van der Waals surface area contributed by atoms with Gasteiger partial charge in [0.15, 0.2) is 10.9 Å². The number of aromatic nitrogens is 3. The molecular weight excluding hydrogens is 334 g/mol. The van der Waals surface area contributed by atoms with Crippen LogP contribution in [0.5, 0.6) is 0 Å². The summed E-state index contributed by atoms with van der Waals surface area (Å²) in [6.07, 6.45) is 0.778. The van der Waals surface area contributed by atoms with Gasteiger partial charge in [-0.05, 0) is 30.5 Å². The lowest BCUT2D eigenvalue weighted by Crippen LogP contribution is -2.03. The second kappa shape index (κ2) is 6.76. The normalized spacial score (nSPS) is 11.0. The molecule has 3 aromatic rings. The number of ketones is 1. The van der Waals surface area contributed by atoms with Crippen LogP contribution in [0.2, 0.25) is 0 Å². The predicted molar refractivity (Wildman–Crippen MR) is 92.2 cm³/mol. The fourth-order valence-corrected chi connectivity index (χ4v) is 4.39. The second-order valence-electron chi connectivity index (χ2n) is 4.84. The zero-order chi connectivity index (χ0) is 15.5. The molecule has 0 bridgehead atoms. The third kappa shape index (κ3) is 3.48. The van der Waals surface area contributed by atoms with Crippen LogP contribution in [0.4, 0.5) is 0 Å². The van der Waals surface area contributed by atoms with Gasteiger partial charge in [0.2, 0.25) is 0 Å². The van der Waals surface area contributed by atoms with Crippen molar-refractivity contribution in [2.75, 3.05) is 5.75 Å². The van der Waals surface area contributed by atoms with Crippen molar-refractivity contribution < 1.29 is 4.79 Å². The minimum Gasteiger partial charge on any atom is -0.309 e.